The van der Waals surface area contributed by atoms with Crippen LogP contribution in [0.1, 0.15) is 50.3 Å². The first kappa shape index (κ1) is 22.6. The fraction of sp³-hybridized carbons (Fsp3) is 0.542. The molecule has 8 heteroatoms. The number of hydrogen-bond donors (Lipinski definition) is 1. The van der Waals surface area contributed by atoms with E-state index in [1.807, 2.05) is 19.0 Å². The van der Waals surface area contributed by atoms with Gasteiger partial charge in [0.2, 0.25) is 11.9 Å². The average Bonchev–Trinajstić information content (AvgIpc) is 2.79. The van der Waals surface area contributed by atoms with Crippen molar-refractivity contribution in [3.8, 4) is 11.1 Å². The van der Waals surface area contributed by atoms with Crippen LogP contribution in [0.5, 0.6) is 0 Å². The Hall–Kier alpha value is -2.58. The van der Waals surface area contributed by atoms with Gasteiger partial charge in [-0.3, -0.25) is 4.79 Å². The molecule has 1 saturated carbocycles. The summed E-state index contributed by atoms with van der Waals surface area (Å²) in [6, 6.07) is 6.19. The minimum absolute atomic E-state index is 0.0482. The molecule has 1 aromatic carbocycles. The highest BCUT2D eigenvalue weighted by molar-refractivity contribution is 5.77. The summed E-state index contributed by atoms with van der Waals surface area (Å²) in [6.45, 7) is 1.23. The van der Waals surface area contributed by atoms with Gasteiger partial charge in [-0.05, 0) is 30.5 Å². The molecule has 4 rings (SSSR count). The lowest BCUT2D eigenvalue weighted by molar-refractivity contribution is -0.145. The van der Waals surface area contributed by atoms with E-state index in [2.05, 4.69) is 4.98 Å². The Morgan fingerprint density at radius 3 is 2.66 bits per heavy atom. The van der Waals surface area contributed by atoms with Crippen LogP contribution in [-0.4, -0.2) is 65.3 Å². The van der Waals surface area contributed by atoms with Crippen molar-refractivity contribution < 1.29 is 19.0 Å². The summed E-state index contributed by atoms with van der Waals surface area (Å²) in [5.41, 5.74) is 1.32. The maximum Gasteiger partial charge on any atom is 0.225 e. The van der Waals surface area contributed by atoms with Crippen molar-refractivity contribution in [2.75, 3.05) is 38.7 Å². The van der Waals surface area contributed by atoms with Crippen LogP contribution in [-0.2, 0) is 9.53 Å². The molecule has 2 fully saturated rings. The van der Waals surface area contributed by atoms with Crippen molar-refractivity contribution in [1.82, 2.24) is 14.9 Å². The zero-order valence-corrected chi connectivity index (χ0v) is 18.8. The number of amides is 1. The Morgan fingerprint density at radius 1 is 1.25 bits per heavy atom. The molecule has 1 aliphatic carbocycles. The van der Waals surface area contributed by atoms with Crippen molar-refractivity contribution in [1.29, 1.82) is 0 Å². The van der Waals surface area contributed by atoms with Gasteiger partial charge < -0.3 is 19.6 Å². The number of anilines is 1. The minimum atomic E-state index is -0.893. The van der Waals surface area contributed by atoms with E-state index in [1.54, 1.807) is 23.2 Å². The number of halogens is 1. The van der Waals surface area contributed by atoms with Gasteiger partial charge in [-0.25, -0.2) is 14.4 Å². The number of carbonyl (C=O) groups is 1. The Kier molecular flexibility index (Phi) is 6.71. The summed E-state index contributed by atoms with van der Waals surface area (Å²) in [6.07, 6.45) is 5.84. The molecule has 1 unspecified atom stereocenters. The first-order chi connectivity index (χ1) is 15.3. The number of nitrogens with zero attached hydrogens (tertiary/aromatic N) is 4. The zero-order valence-electron chi connectivity index (χ0n) is 18.8. The normalized spacial score (nSPS) is 20.8. The highest BCUT2D eigenvalue weighted by atomic mass is 19.1. The van der Waals surface area contributed by atoms with Crippen molar-refractivity contribution in [2.24, 2.45) is 0 Å². The Labute approximate surface area is 188 Å². The number of ether oxygens (including phenoxy) is 1. The summed E-state index contributed by atoms with van der Waals surface area (Å²) in [4.78, 5) is 25.8. The third-order valence-corrected chi connectivity index (χ3v) is 6.35. The van der Waals surface area contributed by atoms with Gasteiger partial charge in [0.05, 0.1) is 30.9 Å². The fourth-order valence-corrected chi connectivity index (χ4v) is 4.52. The number of hydrogen-bond acceptors (Lipinski definition) is 6. The Balaban J connectivity index is 1.58. The third kappa shape index (κ3) is 5.07. The standard InChI is InChI=1S/C24H31FN4O3/c1-28(2)23-26-15-19(17-6-8-18(25)9-7-17)22(27-23)20-16-29(12-13-32-20)21(30)14-24(31)10-4-3-5-11-24/h6-9,15,20,31H,3-5,10-14,16H2,1-2H3. The van der Waals surface area contributed by atoms with E-state index in [9.17, 15) is 14.3 Å². The third-order valence-electron chi connectivity index (χ3n) is 6.35. The van der Waals surface area contributed by atoms with Crippen LogP contribution in [0.15, 0.2) is 30.5 Å². The van der Waals surface area contributed by atoms with Crippen LogP contribution in [0.3, 0.4) is 0 Å². The molecular weight excluding hydrogens is 411 g/mol. The van der Waals surface area contributed by atoms with Crippen LogP contribution in [0.4, 0.5) is 10.3 Å². The average molecular weight is 443 g/mol. The number of rotatable bonds is 5. The molecule has 2 heterocycles. The van der Waals surface area contributed by atoms with Gasteiger partial charge in [-0.2, -0.15) is 0 Å². The number of carbonyl (C=O) groups excluding carboxylic acids is 1. The van der Waals surface area contributed by atoms with Crippen LogP contribution in [0.25, 0.3) is 11.1 Å². The summed E-state index contributed by atoms with van der Waals surface area (Å²) >= 11 is 0. The number of morpholine rings is 1. The first-order valence-electron chi connectivity index (χ1n) is 11.3. The minimum Gasteiger partial charge on any atom is -0.389 e. The van der Waals surface area contributed by atoms with Crippen molar-refractivity contribution in [3.05, 3.63) is 42.0 Å². The molecule has 1 aromatic heterocycles. The predicted molar refractivity (Wildman–Crippen MR) is 120 cm³/mol. The molecule has 2 aromatic rings. The van der Waals surface area contributed by atoms with Gasteiger partial charge in [-0.1, -0.05) is 31.4 Å². The van der Waals surface area contributed by atoms with Crippen molar-refractivity contribution in [2.45, 2.75) is 50.2 Å². The molecule has 1 N–H and O–H groups in total. The molecule has 7 nitrogen and oxygen atoms in total. The highest BCUT2D eigenvalue weighted by Crippen LogP contribution is 2.34. The smallest absolute Gasteiger partial charge is 0.225 e. The molecule has 1 amide bonds. The van der Waals surface area contributed by atoms with E-state index in [1.165, 1.54) is 12.1 Å². The maximum absolute atomic E-state index is 13.5. The molecule has 0 spiro atoms. The molecule has 1 aliphatic heterocycles. The summed E-state index contributed by atoms with van der Waals surface area (Å²) in [5, 5.41) is 10.8. The van der Waals surface area contributed by atoms with E-state index >= 15 is 0 Å². The summed E-state index contributed by atoms with van der Waals surface area (Å²) in [5.74, 6) is 0.176. The molecule has 1 atom stereocenters. The van der Waals surface area contributed by atoms with Crippen LogP contribution in [0, 0.1) is 5.82 Å². The largest absolute Gasteiger partial charge is 0.389 e. The Bertz CT molecular complexity index is 945. The molecule has 172 valence electrons. The summed E-state index contributed by atoms with van der Waals surface area (Å²) in [7, 11) is 3.72. The lowest BCUT2D eigenvalue weighted by atomic mass is 9.82. The van der Waals surface area contributed by atoms with Gasteiger partial charge in [-0.15, -0.1) is 0 Å². The first-order valence-corrected chi connectivity index (χ1v) is 11.3. The van der Waals surface area contributed by atoms with Gasteiger partial charge >= 0.3 is 0 Å². The molecule has 0 bridgehead atoms. The van der Waals surface area contributed by atoms with Gasteiger partial charge in [0.1, 0.15) is 11.9 Å². The van der Waals surface area contributed by atoms with Gasteiger partial charge in [0, 0.05) is 32.4 Å². The second kappa shape index (κ2) is 9.50. The van der Waals surface area contributed by atoms with Crippen LogP contribution in [0.2, 0.25) is 0 Å². The second-order valence-electron chi connectivity index (χ2n) is 9.03. The van der Waals surface area contributed by atoms with Gasteiger partial charge in [0.15, 0.2) is 0 Å². The maximum atomic E-state index is 13.5. The zero-order chi connectivity index (χ0) is 22.7. The molecular formula is C24H31FN4O3. The van der Waals surface area contributed by atoms with Crippen LogP contribution < -0.4 is 4.90 Å². The molecule has 32 heavy (non-hydrogen) atoms. The monoisotopic (exact) mass is 442 g/mol. The molecule has 1 saturated heterocycles. The highest BCUT2D eigenvalue weighted by Gasteiger charge is 2.35. The quantitative estimate of drug-likeness (QED) is 0.765. The fourth-order valence-electron chi connectivity index (χ4n) is 4.52. The number of benzene rings is 1. The second-order valence-corrected chi connectivity index (χ2v) is 9.03. The predicted octanol–water partition coefficient (Wildman–Crippen LogP) is 3.33. The van der Waals surface area contributed by atoms with E-state index in [4.69, 9.17) is 9.72 Å². The lowest BCUT2D eigenvalue weighted by Crippen LogP contribution is -2.46. The van der Waals surface area contributed by atoms with Crippen LogP contribution >= 0.6 is 0 Å². The van der Waals surface area contributed by atoms with E-state index in [-0.39, 0.29) is 18.1 Å². The van der Waals surface area contributed by atoms with E-state index < -0.39 is 11.7 Å². The summed E-state index contributed by atoms with van der Waals surface area (Å²) < 4.78 is 19.5. The SMILES string of the molecule is CN(C)c1ncc(-c2ccc(F)cc2)c(C2CN(C(=O)CC3(O)CCCCC3)CCO2)n1. The van der Waals surface area contributed by atoms with E-state index in [0.29, 0.717) is 44.2 Å². The lowest BCUT2D eigenvalue weighted by Gasteiger charge is -2.37. The Morgan fingerprint density at radius 2 is 1.97 bits per heavy atom. The number of aliphatic hydroxyl groups is 1. The molecule has 2 aliphatic rings. The molecule has 0 radical (unpaired) electrons. The van der Waals surface area contributed by atoms with Crippen molar-refractivity contribution in [3.63, 3.8) is 0 Å². The number of aromatic nitrogens is 2. The van der Waals surface area contributed by atoms with Gasteiger partial charge in [0.25, 0.3) is 0 Å². The topological polar surface area (TPSA) is 78.8 Å². The van der Waals surface area contributed by atoms with Crippen molar-refractivity contribution >= 4 is 11.9 Å². The van der Waals surface area contributed by atoms with E-state index in [0.717, 1.165) is 30.4 Å².